The summed E-state index contributed by atoms with van der Waals surface area (Å²) in [5.74, 6) is 0.524. The molecule has 5 nitrogen and oxygen atoms in total. The molecule has 1 aromatic heterocycles. The van der Waals surface area contributed by atoms with Gasteiger partial charge in [0.05, 0.1) is 12.6 Å². The molecule has 0 aliphatic heterocycles. The van der Waals surface area contributed by atoms with E-state index in [1.54, 1.807) is 0 Å². The van der Waals surface area contributed by atoms with Crippen LogP contribution in [0.1, 0.15) is 17.0 Å². The third-order valence-corrected chi connectivity index (χ3v) is 4.55. The van der Waals surface area contributed by atoms with Gasteiger partial charge in [-0.05, 0) is 29.9 Å². The number of rotatable bonds is 7. The smallest absolute Gasteiger partial charge is 0.237 e. The third-order valence-electron chi connectivity index (χ3n) is 3.84. The van der Waals surface area contributed by atoms with E-state index in [4.69, 9.17) is 5.73 Å². The van der Waals surface area contributed by atoms with Crippen molar-refractivity contribution in [3.8, 4) is 11.4 Å². The molecule has 6 heteroatoms. The van der Waals surface area contributed by atoms with Crippen LogP contribution in [0.3, 0.4) is 0 Å². The van der Waals surface area contributed by atoms with Gasteiger partial charge in [0, 0.05) is 5.56 Å². The Hall–Kier alpha value is -2.57. The number of carbonyl (C=O) groups excluding carboxylic acids is 1. The van der Waals surface area contributed by atoms with Gasteiger partial charge in [-0.2, -0.15) is 4.37 Å². The maximum Gasteiger partial charge on any atom is 0.237 e. The van der Waals surface area contributed by atoms with Crippen LogP contribution in [0.2, 0.25) is 0 Å². The van der Waals surface area contributed by atoms with E-state index in [9.17, 15) is 4.79 Å². The van der Waals surface area contributed by atoms with Crippen LogP contribution in [0.4, 0.5) is 0 Å². The van der Waals surface area contributed by atoms with Gasteiger partial charge < -0.3 is 11.1 Å². The van der Waals surface area contributed by atoms with Crippen molar-refractivity contribution in [2.45, 2.75) is 25.4 Å². The first kappa shape index (κ1) is 17.3. The van der Waals surface area contributed by atoms with Gasteiger partial charge in [0.2, 0.25) is 5.91 Å². The van der Waals surface area contributed by atoms with Crippen molar-refractivity contribution < 1.29 is 4.79 Å². The fraction of sp³-hybridized carbons (Fsp3) is 0.211. The number of nitrogens with one attached hydrogen (secondary N) is 1. The van der Waals surface area contributed by atoms with Crippen molar-refractivity contribution in [3.63, 3.8) is 0 Å². The van der Waals surface area contributed by atoms with Gasteiger partial charge in [-0.1, -0.05) is 60.7 Å². The predicted molar refractivity (Wildman–Crippen MR) is 99.9 cm³/mol. The van der Waals surface area contributed by atoms with Crippen LogP contribution in [0.25, 0.3) is 11.4 Å². The average molecular weight is 352 g/mol. The van der Waals surface area contributed by atoms with Crippen molar-refractivity contribution in [1.29, 1.82) is 0 Å². The van der Waals surface area contributed by atoms with Crippen molar-refractivity contribution in [3.05, 3.63) is 71.2 Å². The predicted octanol–water partition coefficient (Wildman–Crippen LogP) is 2.78. The lowest BCUT2D eigenvalue weighted by molar-refractivity contribution is -0.122. The summed E-state index contributed by atoms with van der Waals surface area (Å²) in [5, 5.41) is 3.61. The van der Waals surface area contributed by atoms with Crippen molar-refractivity contribution >= 4 is 17.4 Å². The van der Waals surface area contributed by atoms with Crippen LogP contribution in [0.15, 0.2) is 60.7 Å². The average Bonchev–Trinajstić information content (AvgIpc) is 3.15. The van der Waals surface area contributed by atoms with E-state index in [2.05, 4.69) is 14.7 Å². The van der Waals surface area contributed by atoms with Gasteiger partial charge >= 0.3 is 0 Å². The summed E-state index contributed by atoms with van der Waals surface area (Å²) in [6.07, 6.45) is 1.40. The van der Waals surface area contributed by atoms with Crippen LogP contribution in [0, 0.1) is 0 Å². The quantitative estimate of drug-likeness (QED) is 0.685. The summed E-state index contributed by atoms with van der Waals surface area (Å²) in [4.78, 5) is 16.6. The molecule has 0 bridgehead atoms. The molecule has 0 unspecified atom stereocenters. The summed E-state index contributed by atoms with van der Waals surface area (Å²) >= 11 is 1.29. The normalized spacial score (nSPS) is 11.9. The Morgan fingerprint density at radius 3 is 2.48 bits per heavy atom. The lowest BCUT2D eigenvalue weighted by Gasteiger charge is -2.11. The number of hydrogen-bond donors (Lipinski definition) is 2. The van der Waals surface area contributed by atoms with Crippen molar-refractivity contribution in [2.75, 3.05) is 0 Å². The van der Waals surface area contributed by atoms with Gasteiger partial charge in [0.15, 0.2) is 5.82 Å². The number of carbonyl (C=O) groups is 1. The zero-order chi connectivity index (χ0) is 17.5. The molecule has 1 atom stereocenters. The minimum atomic E-state index is -0.526. The molecule has 2 aromatic carbocycles. The molecule has 1 heterocycles. The highest BCUT2D eigenvalue weighted by Crippen LogP contribution is 2.17. The summed E-state index contributed by atoms with van der Waals surface area (Å²) in [7, 11) is 0. The van der Waals surface area contributed by atoms with E-state index >= 15 is 0 Å². The van der Waals surface area contributed by atoms with Crippen LogP contribution < -0.4 is 11.1 Å². The Kier molecular flexibility index (Phi) is 5.87. The first-order chi connectivity index (χ1) is 12.2. The molecule has 0 fully saturated rings. The Labute approximate surface area is 151 Å². The minimum Gasteiger partial charge on any atom is -0.348 e. The topological polar surface area (TPSA) is 80.9 Å². The Morgan fingerprint density at radius 2 is 1.76 bits per heavy atom. The molecule has 3 N–H and O–H groups in total. The summed E-state index contributed by atoms with van der Waals surface area (Å²) < 4.78 is 4.33. The highest BCUT2D eigenvalue weighted by atomic mass is 32.1. The fourth-order valence-electron chi connectivity index (χ4n) is 2.42. The molecule has 25 heavy (non-hydrogen) atoms. The SMILES string of the molecule is N[C@H](CCc1ccccc1)C(=O)NCc1nc(-c2ccccc2)ns1. The lowest BCUT2D eigenvalue weighted by atomic mass is 10.1. The van der Waals surface area contributed by atoms with E-state index in [0.29, 0.717) is 18.8 Å². The second-order valence-corrected chi connectivity index (χ2v) is 6.56. The van der Waals surface area contributed by atoms with Crippen molar-refractivity contribution in [1.82, 2.24) is 14.7 Å². The second kappa shape index (κ2) is 8.50. The molecule has 0 saturated carbocycles. The lowest BCUT2D eigenvalue weighted by Crippen LogP contribution is -2.40. The first-order valence-corrected chi connectivity index (χ1v) is 8.95. The molecule has 0 spiro atoms. The van der Waals surface area contributed by atoms with E-state index < -0.39 is 6.04 Å². The number of benzene rings is 2. The third kappa shape index (κ3) is 4.95. The molecule has 3 aromatic rings. The van der Waals surface area contributed by atoms with E-state index in [1.165, 1.54) is 17.1 Å². The summed E-state index contributed by atoms with van der Waals surface area (Å²) in [6.45, 7) is 0.350. The molecule has 0 saturated heterocycles. The number of aromatic nitrogens is 2. The largest absolute Gasteiger partial charge is 0.348 e. The van der Waals surface area contributed by atoms with Gasteiger partial charge in [-0.3, -0.25) is 4.79 Å². The monoisotopic (exact) mass is 352 g/mol. The maximum absolute atomic E-state index is 12.1. The molecular weight excluding hydrogens is 332 g/mol. The number of amides is 1. The van der Waals surface area contributed by atoms with Gasteiger partial charge in [-0.25, -0.2) is 4.98 Å². The highest BCUT2D eigenvalue weighted by Gasteiger charge is 2.14. The second-order valence-electron chi connectivity index (χ2n) is 5.73. The Balaban J connectivity index is 1.48. The number of nitrogens with zero attached hydrogens (tertiary/aromatic N) is 2. The van der Waals surface area contributed by atoms with Crippen molar-refractivity contribution in [2.24, 2.45) is 5.73 Å². The number of aryl methyl sites for hydroxylation is 1. The summed E-state index contributed by atoms with van der Waals surface area (Å²) in [5.41, 5.74) is 8.13. The van der Waals surface area contributed by atoms with Gasteiger partial charge in [0.25, 0.3) is 0 Å². The highest BCUT2D eigenvalue weighted by molar-refractivity contribution is 7.05. The van der Waals surface area contributed by atoms with Gasteiger partial charge in [-0.15, -0.1) is 0 Å². The molecular formula is C19H20N4OS. The van der Waals surface area contributed by atoms with E-state index in [0.717, 1.165) is 17.0 Å². The standard InChI is InChI=1S/C19H20N4OS/c20-16(12-11-14-7-3-1-4-8-14)19(24)21-13-17-22-18(23-25-17)15-9-5-2-6-10-15/h1-10,16H,11-13,20H2,(H,21,24)/t16-/m1/s1. The van der Waals surface area contributed by atoms with Crippen LogP contribution >= 0.6 is 11.5 Å². The molecule has 0 aliphatic carbocycles. The van der Waals surface area contributed by atoms with Crippen LogP contribution in [0.5, 0.6) is 0 Å². The van der Waals surface area contributed by atoms with Crippen LogP contribution in [-0.2, 0) is 17.8 Å². The Bertz CT molecular complexity index is 805. The Morgan fingerprint density at radius 1 is 1.08 bits per heavy atom. The number of nitrogens with two attached hydrogens (primary N) is 1. The molecule has 1 amide bonds. The zero-order valence-corrected chi connectivity index (χ0v) is 14.6. The molecule has 0 aliphatic rings. The maximum atomic E-state index is 12.1. The van der Waals surface area contributed by atoms with Gasteiger partial charge in [0.1, 0.15) is 5.01 Å². The zero-order valence-electron chi connectivity index (χ0n) is 13.8. The van der Waals surface area contributed by atoms with Crippen LogP contribution in [-0.4, -0.2) is 21.3 Å². The van der Waals surface area contributed by atoms with E-state index in [1.807, 2.05) is 60.7 Å². The molecule has 128 valence electrons. The fourth-order valence-corrected chi connectivity index (χ4v) is 3.02. The molecule has 3 rings (SSSR count). The minimum absolute atomic E-state index is 0.160. The number of hydrogen-bond acceptors (Lipinski definition) is 5. The first-order valence-electron chi connectivity index (χ1n) is 8.17. The summed E-state index contributed by atoms with van der Waals surface area (Å²) in [6, 6.07) is 19.3. The molecule has 0 radical (unpaired) electrons. The van der Waals surface area contributed by atoms with E-state index in [-0.39, 0.29) is 5.91 Å².